The molecule has 170 valence electrons. The van der Waals surface area contributed by atoms with Crippen molar-refractivity contribution in [1.82, 2.24) is 4.90 Å². The number of benzene rings is 2. The van der Waals surface area contributed by atoms with Gasteiger partial charge in [0.1, 0.15) is 17.3 Å². The van der Waals surface area contributed by atoms with Crippen molar-refractivity contribution in [2.75, 3.05) is 7.11 Å². The molecule has 2 aromatic carbocycles. The number of carbonyl (C=O) groups excluding carboxylic acids is 2. The Balaban J connectivity index is 1.85. The van der Waals surface area contributed by atoms with Gasteiger partial charge in [-0.15, -0.1) is 0 Å². The second-order valence-corrected chi connectivity index (χ2v) is 8.51. The van der Waals surface area contributed by atoms with Crippen molar-refractivity contribution in [2.45, 2.75) is 39.3 Å². The highest BCUT2D eigenvalue weighted by molar-refractivity contribution is 6.46. The molecule has 1 unspecified atom stereocenters. The molecule has 1 aromatic heterocycles. The third-order valence-electron chi connectivity index (χ3n) is 6.03. The van der Waals surface area contributed by atoms with Crippen molar-refractivity contribution >= 4 is 17.4 Å². The number of nitrogens with zero attached hydrogens (tertiary/aromatic N) is 1. The van der Waals surface area contributed by atoms with Gasteiger partial charge in [0.05, 0.1) is 31.5 Å². The average molecular weight is 446 g/mol. The van der Waals surface area contributed by atoms with E-state index in [4.69, 9.17) is 9.15 Å². The summed E-state index contributed by atoms with van der Waals surface area (Å²) in [5.74, 6) is -0.0250. The van der Waals surface area contributed by atoms with E-state index < -0.39 is 17.7 Å². The highest BCUT2D eigenvalue weighted by Crippen LogP contribution is 2.41. The van der Waals surface area contributed by atoms with Gasteiger partial charge in [-0.1, -0.05) is 38.1 Å². The SMILES string of the molecule is COc1ccc(/C(O)=C2/C(=O)C(=O)N(Cc3ccco3)C2c2ccc(C(C)C)cc2)cc1C. The summed E-state index contributed by atoms with van der Waals surface area (Å²) in [6, 6.07) is 15.7. The molecular formula is C27H27NO5. The minimum Gasteiger partial charge on any atom is -0.507 e. The normalized spacial score (nSPS) is 17.7. The summed E-state index contributed by atoms with van der Waals surface area (Å²) in [5, 5.41) is 11.2. The standard InChI is InChI=1S/C27H27NO5/c1-16(2)18-7-9-19(10-8-18)24-23(25(29)20-11-12-22(32-4)17(3)14-20)26(30)27(31)28(24)15-21-6-5-13-33-21/h5-14,16,24,29H,15H2,1-4H3/b25-23-. The summed E-state index contributed by atoms with van der Waals surface area (Å²) in [6.07, 6.45) is 1.53. The van der Waals surface area contributed by atoms with Gasteiger partial charge in [-0.25, -0.2) is 0 Å². The number of aliphatic hydroxyl groups excluding tert-OH is 1. The van der Waals surface area contributed by atoms with Crippen LogP contribution < -0.4 is 4.74 Å². The van der Waals surface area contributed by atoms with Gasteiger partial charge in [-0.05, 0) is 59.9 Å². The van der Waals surface area contributed by atoms with Gasteiger partial charge in [-0.3, -0.25) is 9.59 Å². The molecule has 0 saturated carbocycles. The van der Waals surface area contributed by atoms with Crippen LogP contribution in [-0.2, 0) is 16.1 Å². The topological polar surface area (TPSA) is 80.0 Å². The summed E-state index contributed by atoms with van der Waals surface area (Å²) < 4.78 is 10.7. The third kappa shape index (κ3) is 4.16. The molecule has 2 heterocycles. The first-order valence-electron chi connectivity index (χ1n) is 10.9. The van der Waals surface area contributed by atoms with E-state index in [9.17, 15) is 14.7 Å². The molecule has 6 heteroatoms. The van der Waals surface area contributed by atoms with Crippen LogP contribution in [0.2, 0.25) is 0 Å². The number of ketones is 1. The van der Waals surface area contributed by atoms with Crippen LogP contribution in [0.1, 0.15) is 53.8 Å². The highest BCUT2D eigenvalue weighted by atomic mass is 16.5. The van der Waals surface area contributed by atoms with Gasteiger partial charge in [0, 0.05) is 5.56 Å². The lowest BCUT2D eigenvalue weighted by atomic mass is 9.93. The Morgan fingerprint density at radius 3 is 2.42 bits per heavy atom. The highest BCUT2D eigenvalue weighted by Gasteiger charge is 2.46. The molecule has 1 amide bonds. The zero-order chi connectivity index (χ0) is 23.7. The lowest BCUT2D eigenvalue weighted by Gasteiger charge is -2.25. The number of amides is 1. The number of hydrogen-bond acceptors (Lipinski definition) is 5. The summed E-state index contributed by atoms with van der Waals surface area (Å²) in [6.45, 7) is 6.17. The van der Waals surface area contributed by atoms with Crippen molar-refractivity contribution in [3.63, 3.8) is 0 Å². The molecule has 1 aliphatic heterocycles. The lowest BCUT2D eigenvalue weighted by molar-refractivity contribution is -0.140. The largest absolute Gasteiger partial charge is 0.507 e. The molecule has 1 saturated heterocycles. The van der Waals surface area contributed by atoms with Crippen LogP contribution in [0.15, 0.2) is 70.9 Å². The molecular weight excluding hydrogens is 418 g/mol. The van der Waals surface area contributed by atoms with E-state index in [-0.39, 0.29) is 17.9 Å². The van der Waals surface area contributed by atoms with Crippen LogP contribution in [0.25, 0.3) is 5.76 Å². The molecule has 0 radical (unpaired) electrons. The number of carbonyl (C=O) groups is 2. The molecule has 4 rings (SSSR count). The molecule has 6 nitrogen and oxygen atoms in total. The van der Waals surface area contributed by atoms with E-state index in [1.54, 1.807) is 37.4 Å². The van der Waals surface area contributed by atoms with Crippen LogP contribution in [-0.4, -0.2) is 28.8 Å². The van der Waals surface area contributed by atoms with E-state index in [2.05, 4.69) is 13.8 Å². The lowest BCUT2D eigenvalue weighted by Crippen LogP contribution is -2.29. The molecule has 1 aliphatic rings. The zero-order valence-electron chi connectivity index (χ0n) is 19.2. The van der Waals surface area contributed by atoms with Gasteiger partial charge in [-0.2, -0.15) is 0 Å². The number of methoxy groups -OCH3 is 1. The van der Waals surface area contributed by atoms with Gasteiger partial charge < -0.3 is 19.2 Å². The molecule has 3 aromatic rings. The maximum absolute atomic E-state index is 13.2. The summed E-state index contributed by atoms with van der Waals surface area (Å²) in [4.78, 5) is 27.7. The first-order valence-corrected chi connectivity index (χ1v) is 10.9. The van der Waals surface area contributed by atoms with Crippen LogP contribution in [0.5, 0.6) is 5.75 Å². The molecule has 0 spiro atoms. The van der Waals surface area contributed by atoms with E-state index in [0.29, 0.717) is 23.0 Å². The van der Waals surface area contributed by atoms with E-state index in [0.717, 1.165) is 16.7 Å². The van der Waals surface area contributed by atoms with Gasteiger partial charge >= 0.3 is 0 Å². The minimum absolute atomic E-state index is 0.0634. The molecule has 33 heavy (non-hydrogen) atoms. The van der Waals surface area contributed by atoms with E-state index in [1.165, 1.54) is 11.2 Å². The van der Waals surface area contributed by atoms with Crippen LogP contribution in [0.4, 0.5) is 0 Å². The quantitative estimate of drug-likeness (QED) is 0.315. The number of Topliss-reactive ketones (excluding diaryl/α,β-unsaturated/α-hetero) is 1. The fraction of sp³-hybridized carbons (Fsp3) is 0.259. The number of ether oxygens (including phenoxy) is 1. The van der Waals surface area contributed by atoms with Crippen LogP contribution in [0.3, 0.4) is 0 Å². The number of furan rings is 1. The average Bonchev–Trinajstić information content (AvgIpc) is 3.41. The fourth-order valence-corrected chi connectivity index (χ4v) is 4.20. The Kier molecular flexibility index (Phi) is 6.09. The third-order valence-corrected chi connectivity index (χ3v) is 6.03. The smallest absolute Gasteiger partial charge is 0.296 e. The van der Waals surface area contributed by atoms with Crippen molar-refractivity contribution in [3.05, 3.63) is 94.4 Å². The van der Waals surface area contributed by atoms with Crippen molar-refractivity contribution in [1.29, 1.82) is 0 Å². The van der Waals surface area contributed by atoms with Gasteiger partial charge in [0.25, 0.3) is 11.7 Å². The minimum atomic E-state index is -0.737. The second kappa shape index (κ2) is 8.98. The number of hydrogen-bond donors (Lipinski definition) is 1. The van der Waals surface area contributed by atoms with Crippen molar-refractivity contribution in [2.24, 2.45) is 0 Å². The van der Waals surface area contributed by atoms with Gasteiger partial charge in [0.2, 0.25) is 0 Å². The summed E-state index contributed by atoms with van der Waals surface area (Å²) in [7, 11) is 1.57. The monoisotopic (exact) mass is 445 g/mol. The van der Waals surface area contributed by atoms with Crippen LogP contribution >= 0.6 is 0 Å². The molecule has 0 aliphatic carbocycles. The molecule has 1 fully saturated rings. The number of aliphatic hydroxyl groups is 1. The predicted molar refractivity (Wildman–Crippen MR) is 125 cm³/mol. The Morgan fingerprint density at radius 2 is 1.85 bits per heavy atom. The van der Waals surface area contributed by atoms with Crippen molar-refractivity contribution < 1.29 is 23.8 Å². The van der Waals surface area contributed by atoms with E-state index >= 15 is 0 Å². The molecule has 0 bridgehead atoms. The maximum Gasteiger partial charge on any atom is 0.296 e. The zero-order valence-corrected chi connectivity index (χ0v) is 19.2. The summed E-state index contributed by atoms with van der Waals surface area (Å²) in [5.41, 5.74) is 3.22. The first-order chi connectivity index (χ1) is 15.8. The molecule has 1 N–H and O–H groups in total. The first kappa shape index (κ1) is 22.4. The van der Waals surface area contributed by atoms with Crippen LogP contribution in [0, 0.1) is 6.92 Å². The Hall–Kier alpha value is -3.80. The van der Waals surface area contributed by atoms with E-state index in [1.807, 2.05) is 31.2 Å². The van der Waals surface area contributed by atoms with Gasteiger partial charge in [0.15, 0.2) is 0 Å². The maximum atomic E-state index is 13.2. The van der Waals surface area contributed by atoms with Crippen molar-refractivity contribution in [3.8, 4) is 5.75 Å². The Bertz CT molecular complexity index is 1210. The summed E-state index contributed by atoms with van der Waals surface area (Å²) >= 11 is 0. The Morgan fingerprint density at radius 1 is 1.12 bits per heavy atom. The molecule has 1 atom stereocenters. The fourth-order valence-electron chi connectivity index (χ4n) is 4.20. The number of likely N-dealkylation sites (tertiary alicyclic amines) is 1. The number of rotatable bonds is 6. The number of aryl methyl sites for hydroxylation is 1. The Labute approximate surface area is 193 Å². The predicted octanol–water partition coefficient (Wildman–Crippen LogP) is 5.34. The second-order valence-electron chi connectivity index (χ2n) is 8.51.